The van der Waals surface area contributed by atoms with Gasteiger partial charge in [-0.1, -0.05) is 42.5 Å². The van der Waals surface area contributed by atoms with Gasteiger partial charge >= 0.3 is 7.12 Å². The second-order valence-electron chi connectivity index (χ2n) is 9.35. The Bertz CT molecular complexity index is 1600. The summed E-state index contributed by atoms with van der Waals surface area (Å²) >= 11 is 0. The van der Waals surface area contributed by atoms with Crippen molar-refractivity contribution in [1.82, 2.24) is 20.2 Å². The number of benzene rings is 2. The molecule has 2 aromatic carbocycles. The smallest absolute Gasteiger partial charge is 0.414 e. The van der Waals surface area contributed by atoms with Crippen molar-refractivity contribution < 1.29 is 18.8 Å². The highest BCUT2D eigenvalue weighted by Crippen LogP contribution is 2.34. The zero-order valence-electron chi connectivity index (χ0n) is 22.0. The molecule has 0 bridgehead atoms. The summed E-state index contributed by atoms with van der Waals surface area (Å²) in [7, 11) is 1.27. The average molecular weight is 534 g/mol. The Morgan fingerprint density at radius 2 is 1.82 bits per heavy atom. The van der Waals surface area contributed by atoms with Crippen LogP contribution in [0.2, 0.25) is 0 Å². The third kappa shape index (κ3) is 5.17. The maximum atomic E-state index is 10.2. The molecule has 3 aromatic heterocycles. The van der Waals surface area contributed by atoms with Gasteiger partial charge in [0.05, 0.1) is 30.0 Å². The van der Waals surface area contributed by atoms with Crippen molar-refractivity contribution in [1.29, 1.82) is 0 Å². The van der Waals surface area contributed by atoms with E-state index >= 15 is 0 Å². The highest BCUT2D eigenvalue weighted by molar-refractivity contribution is 6.63. The number of pyridine rings is 2. The molecule has 40 heavy (non-hydrogen) atoms. The summed E-state index contributed by atoms with van der Waals surface area (Å²) in [6.07, 6.45) is 3.25. The van der Waals surface area contributed by atoms with Crippen molar-refractivity contribution >= 4 is 29.8 Å². The molecule has 2 atom stereocenters. The second kappa shape index (κ2) is 11.3. The Morgan fingerprint density at radius 3 is 2.60 bits per heavy atom. The van der Waals surface area contributed by atoms with Crippen molar-refractivity contribution in [2.24, 2.45) is 0 Å². The van der Waals surface area contributed by atoms with E-state index in [-0.39, 0.29) is 31.8 Å². The van der Waals surface area contributed by atoms with Crippen molar-refractivity contribution in [3.05, 3.63) is 96.3 Å². The molecule has 0 saturated heterocycles. The monoisotopic (exact) mass is 534 g/mol. The first kappa shape index (κ1) is 25.7. The predicted molar refractivity (Wildman–Crippen MR) is 152 cm³/mol. The second-order valence-corrected chi connectivity index (χ2v) is 9.35. The van der Waals surface area contributed by atoms with E-state index in [1.807, 2.05) is 73.7 Å². The molecule has 6 rings (SSSR count). The summed E-state index contributed by atoms with van der Waals surface area (Å²) in [5, 5.41) is 25.5. The van der Waals surface area contributed by atoms with Gasteiger partial charge in [0.1, 0.15) is 11.5 Å². The topological polar surface area (TPSA) is 127 Å². The lowest BCUT2D eigenvalue weighted by atomic mass is 9.78. The van der Waals surface area contributed by atoms with Crippen LogP contribution in [0.4, 0.5) is 17.2 Å². The standard InChI is InChI=1S/C29H27BN6O4/c1-18-21-14-20(11-12-23(21)30(38-2)40-18)33-27-15-25(34-26(17-37)19-8-4-3-5-9-19)22(16-32-27)28-35-36-29(39-28)24-10-6-7-13-31-24/h3-16,18,26,37H,17H2,1-2H3,(H2,32,33,34)/t18?,26-/m1/s1. The van der Waals surface area contributed by atoms with Gasteiger partial charge in [-0.25, -0.2) is 4.98 Å². The summed E-state index contributed by atoms with van der Waals surface area (Å²) in [5.41, 5.74) is 5.69. The molecule has 0 radical (unpaired) electrons. The lowest BCUT2D eigenvalue weighted by molar-refractivity contribution is 0.191. The number of aliphatic hydroxyl groups is 1. The maximum absolute atomic E-state index is 10.2. The van der Waals surface area contributed by atoms with E-state index in [9.17, 15) is 5.11 Å². The fraction of sp³-hybridized carbons (Fsp3) is 0.172. The van der Waals surface area contributed by atoms with Crippen molar-refractivity contribution in [3.8, 4) is 23.0 Å². The highest BCUT2D eigenvalue weighted by atomic mass is 16.6. The molecular weight excluding hydrogens is 507 g/mol. The summed E-state index contributed by atoms with van der Waals surface area (Å²) < 4.78 is 17.3. The van der Waals surface area contributed by atoms with E-state index in [0.29, 0.717) is 28.7 Å². The van der Waals surface area contributed by atoms with Crippen LogP contribution in [0, 0.1) is 0 Å². The summed E-state index contributed by atoms with van der Waals surface area (Å²) in [6.45, 7) is 1.87. The number of rotatable bonds is 9. The molecule has 0 amide bonds. The van der Waals surface area contributed by atoms with Gasteiger partial charge in [-0.2, -0.15) is 0 Å². The fourth-order valence-corrected chi connectivity index (χ4v) is 4.73. The molecule has 5 aromatic rings. The van der Waals surface area contributed by atoms with Gasteiger partial charge in [-0.05, 0) is 47.8 Å². The quantitative estimate of drug-likeness (QED) is 0.232. The third-order valence-corrected chi connectivity index (χ3v) is 6.75. The highest BCUT2D eigenvalue weighted by Gasteiger charge is 2.34. The largest absolute Gasteiger partial charge is 0.494 e. The molecule has 10 nitrogen and oxygen atoms in total. The zero-order valence-corrected chi connectivity index (χ0v) is 22.0. The number of anilines is 3. The van der Waals surface area contributed by atoms with Crippen LogP contribution in [-0.4, -0.2) is 46.1 Å². The molecule has 4 heterocycles. The number of nitrogens with one attached hydrogen (secondary N) is 2. The molecule has 0 saturated carbocycles. The minimum atomic E-state index is -0.377. The normalized spacial score (nSPS) is 15.1. The number of hydrogen-bond acceptors (Lipinski definition) is 10. The lowest BCUT2D eigenvalue weighted by Gasteiger charge is -2.20. The molecule has 3 N–H and O–H groups in total. The van der Waals surface area contributed by atoms with E-state index in [1.165, 1.54) is 0 Å². The molecule has 0 spiro atoms. The molecule has 1 aliphatic heterocycles. The fourth-order valence-electron chi connectivity index (χ4n) is 4.73. The van der Waals surface area contributed by atoms with E-state index in [2.05, 4.69) is 30.8 Å². The van der Waals surface area contributed by atoms with Crippen molar-refractivity contribution in [3.63, 3.8) is 0 Å². The number of nitrogens with zero attached hydrogens (tertiary/aromatic N) is 4. The van der Waals surface area contributed by atoms with Gasteiger partial charge in [-0.3, -0.25) is 4.98 Å². The molecule has 0 fully saturated rings. The SMILES string of the molecule is COB1OC(C)c2cc(Nc3cc(N[C@H](CO)c4ccccc4)c(-c4nnc(-c5ccccn5)o4)cn3)ccc21. The minimum absolute atomic E-state index is 0.0868. The number of aromatic nitrogens is 4. The van der Waals surface area contributed by atoms with Gasteiger partial charge < -0.3 is 29.5 Å². The molecule has 0 aliphatic carbocycles. The zero-order chi connectivity index (χ0) is 27.5. The Labute approximate surface area is 231 Å². The molecule has 1 unspecified atom stereocenters. The summed E-state index contributed by atoms with van der Waals surface area (Å²) in [5.74, 6) is 1.17. The van der Waals surface area contributed by atoms with Gasteiger partial charge in [-0.15, -0.1) is 10.2 Å². The van der Waals surface area contributed by atoms with Crippen LogP contribution >= 0.6 is 0 Å². The first-order chi connectivity index (χ1) is 19.6. The van der Waals surface area contributed by atoms with Gasteiger partial charge in [0.25, 0.3) is 11.8 Å². The van der Waals surface area contributed by atoms with E-state index in [1.54, 1.807) is 25.6 Å². The third-order valence-electron chi connectivity index (χ3n) is 6.75. The first-order valence-corrected chi connectivity index (χ1v) is 12.9. The minimum Gasteiger partial charge on any atom is -0.414 e. The van der Waals surface area contributed by atoms with Crippen molar-refractivity contribution in [2.75, 3.05) is 24.4 Å². The van der Waals surface area contributed by atoms with Gasteiger partial charge in [0.2, 0.25) is 0 Å². The van der Waals surface area contributed by atoms with Gasteiger partial charge in [0.15, 0.2) is 0 Å². The Morgan fingerprint density at radius 1 is 1.00 bits per heavy atom. The van der Waals surface area contributed by atoms with Crippen LogP contribution in [0.25, 0.3) is 23.0 Å². The van der Waals surface area contributed by atoms with Crippen LogP contribution < -0.4 is 16.1 Å². The lowest BCUT2D eigenvalue weighted by Crippen LogP contribution is -2.30. The number of aliphatic hydroxyl groups excluding tert-OH is 1. The maximum Gasteiger partial charge on any atom is 0.494 e. The van der Waals surface area contributed by atoms with Crippen LogP contribution in [0.1, 0.15) is 30.2 Å². The Balaban J connectivity index is 1.35. The Kier molecular flexibility index (Phi) is 7.24. The summed E-state index contributed by atoms with van der Waals surface area (Å²) in [4.78, 5) is 8.92. The molecular formula is C29H27BN6O4. The van der Waals surface area contributed by atoms with Crippen LogP contribution in [0.5, 0.6) is 0 Å². The molecule has 200 valence electrons. The summed E-state index contributed by atoms with van der Waals surface area (Å²) in [6, 6.07) is 22.7. The van der Waals surface area contributed by atoms with Gasteiger partial charge in [0, 0.05) is 31.3 Å². The average Bonchev–Trinajstić information content (AvgIpc) is 3.62. The number of fused-ring (bicyclic) bond motifs is 1. The van der Waals surface area contributed by atoms with Crippen LogP contribution in [0.3, 0.4) is 0 Å². The first-order valence-electron chi connectivity index (χ1n) is 12.9. The van der Waals surface area contributed by atoms with E-state index < -0.39 is 0 Å². The number of hydrogen-bond donors (Lipinski definition) is 3. The van der Waals surface area contributed by atoms with Crippen molar-refractivity contribution in [2.45, 2.75) is 19.1 Å². The van der Waals surface area contributed by atoms with E-state index in [0.717, 1.165) is 22.3 Å². The molecule has 1 aliphatic rings. The van der Waals surface area contributed by atoms with E-state index in [4.69, 9.17) is 13.7 Å². The predicted octanol–water partition coefficient (Wildman–Crippen LogP) is 4.52. The molecule has 11 heteroatoms. The Hall–Kier alpha value is -4.58. The van der Waals surface area contributed by atoms with Crippen LogP contribution in [-0.2, 0) is 9.31 Å². The van der Waals surface area contributed by atoms with Crippen LogP contribution in [0.15, 0.2) is 89.6 Å².